The van der Waals surface area contributed by atoms with E-state index in [0.717, 1.165) is 5.56 Å². The average molecular weight is 309 g/mol. The van der Waals surface area contributed by atoms with Gasteiger partial charge in [-0.05, 0) is 23.8 Å². The minimum atomic E-state index is -3.78. The molecule has 0 aliphatic carbocycles. The predicted molar refractivity (Wildman–Crippen MR) is 73.6 cm³/mol. The lowest BCUT2D eigenvalue weighted by Gasteiger charge is -2.06. The molecule has 0 spiro atoms. The molecule has 1 aromatic carbocycles. The van der Waals surface area contributed by atoms with Gasteiger partial charge in [-0.2, -0.15) is 5.26 Å². The third-order valence-corrected chi connectivity index (χ3v) is 3.92. The highest BCUT2D eigenvalue weighted by molar-refractivity contribution is 7.92. The van der Waals surface area contributed by atoms with E-state index in [1.807, 2.05) is 6.07 Å². The third kappa shape index (κ3) is 3.44. The number of aromatic nitrogens is 2. The molecule has 0 aliphatic rings. The fourth-order valence-electron chi connectivity index (χ4n) is 1.44. The maximum atomic E-state index is 12.1. The highest BCUT2D eigenvalue weighted by atomic mass is 35.5. The number of nitrogens with zero attached hydrogens (tertiary/aromatic N) is 3. The quantitative estimate of drug-likeness (QED) is 0.871. The predicted octanol–water partition coefficient (Wildman–Crippen LogP) is 2.00. The molecule has 1 aromatic heterocycles. The number of benzene rings is 1. The van der Waals surface area contributed by atoms with Crippen LogP contribution in [0, 0.1) is 11.3 Å². The fourth-order valence-corrected chi connectivity index (χ4v) is 2.53. The summed E-state index contributed by atoms with van der Waals surface area (Å²) in [6.07, 6.45) is 1.58. The van der Waals surface area contributed by atoms with E-state index in [1.165, 1.54) is 24.4 Å². The van der Waals surface area contributed by atoms with Crippen LogP contribution >= 0.6 is 11.6 Å². The van der Waals surface area contributed by atoms with Crippen molar-refractivity contribution in [2.24, 2.45) is 0 Å². The molecule has 1 N–H and O–H groups in total. The minimum absolute atomic E-state index is 0.0581. The van der Waals surface area contributed by atoms with E-state index in [0.29, 0.717) is 0 Å². The van der Waals surface area contributed by atoms with Crippen LogP contribution in [0.4, 0.5) is 5.95 Å². The van der Waals surface area contributed by atoms with Gasteiger partial charge < -0.3 is 0 Å². The van der Waals surface area contributed by atoms with Crippen LogP contribution < -0.4 is 4.72 Å². The normalized spacial score (nSPS) is 10.8. The molecule has 1 heterocycles. The molecule has 0 aliphatic heterocycles. The van der Waals surface area contributed by atoms with Crippen LogP contribution in [0.3, 0.4) is 0 Å². The van der Waals surface area contributed by atoms with Gasteiger partial charge >= 0.3 is 0 Å². The molecule has 2 rings (SSSR count). The van der Waals surface area contributed by atoms with Crippen molar-refractivity contribution in [2.45, 2.75) is 11.3 Å². The summed E-state index contributed by atoms with van der Waals surface area (Å²) in [6.45, 7) is 0. The highest BCUT2D eigenvalue weighted by Gasteiger charge is 2.15. The zero-order chi connectivity index (χ0) is 14.6. The first-order valence-corrected chi connectivity index (χ1v) is 7.34. The van der Waals surface area contributed by atoms with Crippen LogP contribution in [-0.4, -0.2) is 18.4 Å². The van der Waals surface area contributed by atoms with E-state index in [1.54, 1.807) is 12.1 Å². The second kappa shape index (κ2) is 5.86. The van der Waals surface area contributed by atoms with Gasteiger partial charge in [-0.15, -0.1) is 0 Å². The van der Waals surface area contributed by atoms with E-state index >= 15 is 0 Å². The monoisotopic (exact) mass is 308 g/mol. The first-order valence-electron chi connectivity index (χ1n) is 5.48. The van der Waals surface area contributed by atoms with Gasteiger partial charge in [0, 0.05) is 6.20 Å². The number of nitriles is 1. The van der Waals surface area contributed by atoms with Crippen LogP contribution in [0.2, 0.25) is 5.15 Å². The molecule has 0 amide bonds. The average Bonchev–Trinajstić information content (AvgIpc) is 2.39. The lowest BCUT2D eigenvalue weighted by atomic mass is 10.2. The van der Waals surface area contributed by atoms with Crippen LogP contribution in [0.25, 0.3) is 0 Å². The number of sulfonamides is 1. The Morgan fingerprint density at radius 1 is 1.25 bits per heavy atom. The lowest BCUT2D eigenvalue weighted by Crippen LogP contribution is -2.15. The van der Waals surface area contributed by atoms with Crippen molar-refractivity contribution in [1.82, 2.24) is 9.97 Å². The van der Waals surface area contributed by atoms with Crippen molar-refractivity contribution in [3.63, 3.8) is 0 Å². The molecule has 0 atom stereocenters. The number of hydrogen-bond donors (Lipinski definition) is 1. The van der Waals surface area contributed by atoms with Gasteiger partial charge in [0.15, 0.2) is 0 Å². The van der Waals surface area contributed by atoms with Gasteiger partial charge in [-0.25, -0.2) is 23.1 Å². The van der Waals surface area contributed by atoms with Crippen LogP contribution in [0.15, 0.2) is 41.4 Å². The SMILES string of the molecule is N#CCc1ccc(S(=O)(=O)Nc2nccc(Cl)n2)cc1. The molecule has 0 bridgehead atoms. The van der Waals surface area contributed by atoms with Gasteiger partial charge in [0.25, 0.3) is 10.0 Å². The highest BCUT2D eigenvalue weighted by Crippen LogP contribution is 2.15. The Hall–Kier alpha value is -2.17. The Kier molecular flexibility index (Phi) is 4.17. The summed E-state index contributed by atoms with van der Waals surface area (Å²) < 4.78 is 26.4. The third-order valence-electron chi connectivity index (χ3n) is 2.36. The molecule has 0 saturated heterocycles. The summed E-state index contributed by atoms with van der Waals surface area (Å²) in [7, 11) is -3.78. The molecular formula is C12H9ClN4O2S. The van der Waals surface area contributed by atoms with Gasteiger partial charge in [-0.1, -0.05) is 23.7 Å². The van der Waals surface area contributed by atoms with Crippen molar-refractivity contribution >= 4 is 27.6 Å². The number of halogens is 1. The van der Waals surface area contributed by atoms with E-state index in [4.69, 9.17) is 16.9 Å². The number of nitrogens with one attached hydrogen (secondary N) is 1. The lowest BCUT2D eigenvalue weighted by molar-refractivity contribution is 0.601. The van der Waals surface area contributed by atoms with Gasteiger partial charge in [-0.3, -0.25) is 0 Å². The standard InChI is InChI=1S/C12H9ClN4O2S/c13-11-6-8-15-12(16-11)17-20(18,19)10-3-1-9(2-4-10)5-7-14/h1-4,6,8H,5H2,(H,15,16,17). The molecule has 0 radical (unpaired) electrons. The number of anilines is 1. The summed E-state index contributed by atoms with van der Waals surface area (Å²) in [5, 5.41) is 8.70. The minimum Gasteiger partial charge on any atom is -0.247 e. The van der Waals surface area contributed by atoms with Crippen molar-refractivity contribution in [3.8, 4) is 6.07 Å². The Bertz CT molecular complexity index is 754. The molecule has 8 heteroatoms. The molecule has 6 nitrogen and oxygen atoms in total. The molecule has 0 fully saturated rings. The smallest absolute Gasteiger partial charge is 0.247 e. The summed E-state index contributed by atoms with van der Waals surface area (Å²) in [5.41, 5.74) is 0.741. The summed E-state index contributed by atoms with van der Waals surface area (Å²) in [4.78, 5) is 7.58. The summed E-state index contributed by atoms with van der Waals surface area (Å²) in [5.74, 6) is -0.0985. The molecular weight excluding hydrogens is 300 g/mol. The first kappa shape index (κ1) is 14.2. The Morgan fingerprint density at radius 3 is 2.55 bits per heavy atom. The van der Waals surface area contributed by atoms with Crippen LogP contribution in [0.1, 0.15) is 5.56 Å². The Labute approximate surface area is 121 Å². The largest absolute Gasteiger partial charge is 0.264 e. The zero-order valence-corrected chi connectivity index (χ0v) is 11.7. The number of rotatable bonds is 4. The van der Waals surface area contributed by atoms with Gasteiger partial charge in [0.05, 0.1) is 17.4 Å². The van der Waals surface area contributed by atoms with Crippen molar-refractivity contribution in [2.75, 3.05) is 4.72 Å². The van der Waals surface area contributed by atoms with Gasteiger partial charge in [0.1, 0.15) is 5.15 Å². The molecule has 20 heavy (non-hydrogen) atoms. The second-order valence-corrected chi connectivity index (χ2v) is 5.86. The van der Waals surface area contributed by atoms with Crippen LogP contribution in [0.5, 0.6) is 0 Å². The van der Waals surface area contributed by atoms with Crippen LogP contribution in [-0.2, 0) is 16.4 Å². The van der Waals surface area contributed by atoms with E-state index in [2.05, 4.69) is 14.7 Å². The molecule has 2 aromatic rings. The van der Waals surface area contributed by atoms with Crippen molar-refractivity contribution < 1.29 is 8.42 Å². The van der Waals surface area contributed by atoms with E-state index in [9.17, 15) is 8.42 Å². The maximum Gasteiger partial charge on any atom is 0.264 e. The topological polar surface area (TPSA) is 95.7 Å². The second-order valence-electron chi connectivity index (χ2n) is 3.79. The van der Waals surface area contributed by atoms with Crippen molar-refractivity contribution in [3.05, 3.63) is 47.2 Å². The first-order chi connectivity index (χ1) is 9.51. The zero-order valence-electron chi connectivity index (χ0n) is 10.1. The Morgan fingerprint density at radius 2 is 1.95 bits per heavy atom. The van der Waals surface area contributed by atoms with E-state index < -0.39 is 10.0 Å². The molecule has 0 unspecified atom stereocenters. The Balaban J connectivity index is 2.24. The van der Waals surface area contributed by atoms with E-state index in [-0.39, 0.29) is 22.4 Å². The summed E-state index contributed by atoms with van der Waals surface area (Å²) in [6, 6.07) is 9.42. The molecule has 102 valence electrons. The van der Waals surface area contributed by atoms with Crippen molar-refractivity contribution in [1.29, 1.82) is 5.26 Å². The van der Waals surface area contributed by atoms with Gasteiger partial charge in [0.2, 0.25) is 5.95 Å². The summed E-state index contributed by atoms with van der Waals surface area (Å²) >= 11 is 5.66. The fraction of sp³-hybridized carbons (Fsp3) is 0.0833. The molecule has 0 saturated carbocycles. The maximum absolute atomic E-state index is 12.1. The number of hydrogen-bond acceptors (Lipinski definition) is 5.